The molecular weight excluding hydrogens is 391 g/mol. The molecule has 4 rings (SSSR count). The first kappa shape index (κ1) is 20.8. The number of imidazole rings is 1. The smallest absolute Gasteiger partial charge is 0.192 e. The fourth-order valence-corrected chi connectivity index (χ4v) is 3.68. The maximum atomic E-state index is 5.83. The summed E-state index contributed by atoms with van der Waals surface area (Å²) in [7, 11) is 0. The summed E-state index contributed by atoms with van der Waals surface area (Å²) in [6.07, 6.45) is 6.48. The van der Waals surface area contributed by atoms with Gasteiger partial charge in [-0.3, -0.25) is 0 Å². The van der Waals surface area contributed by atoms with E-state index >= 15 is 0 Å². The predicted octanol–water partition coefficient (Wildman–Crippen LogP) is 3.45. The number of halogens is 2. The average Bonchev–Trinajstić information content (AvgIpc) is 3.23. The molecule has 1 aliphatic rings. The van der Waals surface area contributed by atoms with Crippen LogP contribution in [0.1, 0.15) is 36.1 Å². The van der Waals surface area contributed by atoms with Gasteiger partial charge >= 0.3 is 0 Å². The molecule has 1 aromatic carbocycles. The van der Waals surface area contributed by atoms with Crippen LogP contribution in [-0.4, -0.2) is 24.3 Å². The lowest BCUT2D eigenvalue weighted by Crippen LogP contribution is -2.10. The number of nitrogens with zero attached hydrogens (tertiary/aromatic N) is 5. The summed E-state index contributed by atoms with van der Waals surface area (Å²) in [5, 5.41) is 9.47. The zero-order chi connectivity index (χ0) is 16.4. The highest BCUT2D eigenvalue weighted by Crippen LogP contribution is 2.36. The normalized spacial score (nSPS) is 13.1. The van der Waals surface area contributed by atoms with Crippen LogP contribution in [0.4, 0.5) is 0 Å². The van der Waals surface area contributed by atoms with E-state index in [4.69, 9.17) is 5.73 Å². The van der Waals surface area contributed by atoms with Crippen molar-refractivity contribution in [2.45, 2.75) is 42.9 Å². The van der Waals surface area contributed by atoms with Gasteiger partial charge in [-0.15, -0.1) is 35.0 Å². The molecule has 0 bridgehead atoms. The van der Waals surface area contributed by atoms with E-state index in [2.05, 4.69) is 42.6 Å². The van der Waals surface area contributed by atoms with E-state index in [1.807, 2.05) is 24.4 Å². The largest absolute Gasteiger partial charge is 0.331 e. The zero-order valence-electron chi connectivity index (χ0n) is 14.2. The third kappa shape index (κ3) is 4.59. The molecule has 0 spiro atoms. The van der Waals surface area contributed by atoms with Crippen LogP contribution in [0.5, 0.6) is 0 Å². The van der Waals surface area contributed by atoms with E-state index in [9.17, 15) is 0 Å². The standard InChI is InChI=1S/C17H20N6S.2ClH/c18-10-15-20-21-17(23(15)11-13-4-2-1-3-5-13)24-12-16-19-8-9-22(16)14-6-7-14;;/h1-5,8-9,14H,6-7,10-12,18H2;2*1H. The van der Waals surface area contributed by atoms with E-state index in [0.29, 0.717) is 12.6 Å². The minimum atomic E-state index is 0. The monoisotopic (exact) mass is 412 g/mol. The van der Waals surface area contributed by atoms with Crippen molar-refractivity contribution < 1.29 is 0 Å². The number of aromatic nitrogens is 5. The summed E-state index contributed by atoms with van der Waals surface area (Å²) in [4.78, 5) is 4.49. The lowest BCUT2D eigenvalue weighted by Gasteiger charge is -2.10. The average molecular weight is 413 g/mol. The van der Waals surface area contributed by atoms with Crippen molar-refractivity contribution in [3.8, 4) is 0 Å². The lowest BCUT2D eigenvalue weighted by atomic mass is 10.2. The van der Waals surface area contributed by atoms with Crippen LogP contribution < -0.4 is 5.73 Å². The molecule has 26 heavy (non-hydrogen) atoms. The fourth-order valence-electron chi connectivity index (χ4n) is 2.77. The number of hydrogen-bond acceptors (Lipinski definition) is 5. The maximum absolute atomic E-state index is 5.83. The Hall–Kier alpha value is -1.54. The second-order valence-electron chi connectivity index (χ2n) is 5.95. The summed E-state index contributed by atoms with van der Waals surface area (Å²) in [6, 6.07) is 11.0. The van der Waals surface area contributed by atoms with Crippen LogP contribution in [0.15, 0.2) is 47.9 Å². The van der Waals surface area contributed by atoms with Gasteiger partial charge in [0.25, 0.3) is 0 Å². The lowest BCUT2D eigenvalue weighted by molar-refractivity contribution is 0.665. The van der Waals surface area contributed by atoms with Crippen molar-refractivity contribution in [3.63, 3.8) is 0 Å². The van der Waals surface area contributed by atoms with E-state index in [-0.39, 0.29) is 24.8 Å². The quantitative estimate of drug-likeness (QED) is 0.601. The third-order valence-electron chi connectivity index (χ3n) is 4.18. The zero-order valence-corrected chi connectivity index (χ0v) is 16.6. The van der Waals surface area contributed by atoms with Gasteiger partial charge in [-0.25, -0.2) is 4.98 Å². The molecular formula is C17H22Cl2N6S. The topological polar surface area (TPSA) is 74.6 Å². The summed E-state index contributed by atoms with van der Waals surface area (Å²) in [5.74, 6) is 2.71. The molecule has 1 saturated carbocycles. The van der Waals surface area contributed by atoms with Gasteiger partial charge in [0.15, 0.2) is 5.16 Å². The van der Waals surface area contributed by atoms with Crippen LogP contribution in [0.25, 0.3) is 0 Å². The molecule has 1 fully saturated rings. The Morgan fingerprint density at radius 3 is 2.54 bits per heavy atom. The molecule has 0 unspecified atom stereocenters. The van der Waals surface area contributed by atoms with Crippen molar-refractivity contribution in [1.29, 1.82) is 0 Å². The van der Waals surface area contributed by atoms with Crippen molar-refractivity contribution in [2.75, 3.05) is 0 Å². The van der Waals surface area contributed by atoms with Gasteiger partial charge in [0.05, 0.1) is 18.8 Å². The van der Waals surface area contributed by atoms with Gasteiger partial charge in [0.1, 0.15) is 11.6 Å². The van der Waals surface area contributed by atoms with E-state index in [0.717, 1.165) is 29.1 Å². The minimum Gasteiger partial charge on any atom is -0.331 e. The van der Waals surface area contributed by atoms with E-state index in [1.54, 1.807) is 11.8 Å². The highest BCUT2D eigenvalue weighted by Gasteiger charge is 2.25. The summed E-state index contributed by atoms with van der Waals surface area (Å²) < 4.78 is 4.39. The SMILES string of the molecule is Cl.Cl.NCc1nnc(SCc2nccn2C2CC2)n1Cc1ccccc1. The first-order valence-electron chi connectivity index (χ1n) is 8.15. The summed E-state index contributed by atoms with van der Waals surface area (Å²) >= 11 is 1.67. The molecule has 0 saturated heterocycles. The minimum absolute atomic E-state index is 0. The van der Waals surface area contributed by atoms with Gasteiger partial charge in [-0.2, -0.15) is 0 Å². The number of thioether (sulfide) groups is 1. The van der Waals surface area contributed by atoms with E-state index < -0.39 is 0 Å². The number of hydrogen-bond donors (Lipinski definition) is 1. The Labute approximate surface area is 169 Å². The van der Waals surface area contributed by atoms with Crippen LogP contribution in [-0.2, 0) is 18.8 Å². The van der Waals surface area contributed by atoms with Gasteiger partial charge in [0.2, 0.25) is 0 Å². The van der Waals surface area contributed by atoms with Crippen LogP contribution in [0, 0.1) is 0 Å². The Bertz CT molecular complexity index is 816. The molecule has 0 radical (unpaired) electrons. The highest BCUT2D eigenvalue weighted by atomic mass is 35.5. The molecule has 0 atom stereocenters. The number of nitrogens with two attached hydrogens (primary N) is 1. The third-order valence-corrected chi connectivity index (χ3v) is 5.14. The van der Waals surface area contributed by atoms with Gasteiger partial charge in [-0.1, -0.05) is 42.1 Å². The Morgan fingerprint density at radius 1 is 1.08 bits per heavy atom. The molecule has 6 nitrogen and oxygen atoms in total. The first-order valence-corrected chi connectivity index (χ1v) is 9.14. The maximum Gasteiger partial charge on any atom is 0.192 e. The molecule has 9 heteroatoms. The Balaban J connectivity index is 0.00000121. The van der Waals surface area contributed by atoms with Crippen LogP contribution in [0.3, 0.4) is 0 Å². The Kier molecular flexibility index (Phi) is 7.52. The van der Waals surface area contributed by atoms with Gasteiger partial charge < -0.3 is 14.9 Å². The van der Waals surface area contributed by atoms with Crippen molar-refractivity contribution in [2.24, 2.45) is 5.73 Å². The second-order valence-corrected chi connectivity index (χ2v) is 6.89. The second kappa shape index (κ2) is 9.41. The van der Waals surface area contributed by atoms with Crippen molar-refractivity contribution >= 4 is 36.6 Å². The number of rotatable bonds is 7. The van der Waals surface area contributed by atoms with Gasteiger partial charge in [0, 0.05) is 18.4 Å². The number of benzene rings is 1. The molecule has 0 amide bonds. The highest BCUT2D eigenvalue weighted by molar-refractivity contribution is 7.98. The van der Waals surface area contributed by atoms with Crippen molar-refractivity contribution in [3.05, 3.63) is 59.9 Å². The van der Waals surface area contributed by atoms with Crippen LogP contribution >= 0.6 is 36.6 Å². The van der Waals surface area contributed by atoms with Crippen LogP contribution in [0.2, 0.25) is 0 Å². The first-order chi connectivity index (χ1) is 11.8. The molecule has 2 aromatic heterocycles. The van der Waals surface area contributed by atoms with E-state index in [1.165, 1.54) is 18.4 Å². The van der Waals surface area contributed by atoms with Gasteiger partial charge in [-0.05, 0) is 18.4 Å². The molecule has 1 aliphatic carbocycles. The molecule has 2 N–H and O–H groups in total. The van der Waals surface area contributed by atoms with Crippen molar-refractivity contribution in [1.82, 2.24) is 24.3 Å². The summed E-state index contributed by atoms with van der Waals surface area (Å²) in [5.41, 5.74) is 7.05. The molecule has 2 heterocycles. The molecule has 0 aliphatic heterocycles. The Morgan fingerprint density at radius 2 is 1.85 bits per heavy atom. The predicted molar refractivity (Wildman–Crippen MR) is 108 cm³/mol. The molecule has 3 aromatic rings. The molecule has 140 valence electrons. The fraction of sp³-hybridized carbons (Fsp3) is 0.353. The summed E-state index contributed by atoms with van der Waals surface area (Å²) in [6.45, 7) is 1.12.